The maximum absolute atomic E-state index is 10.4. The van der Waals surface area contributed by atoms with Crippen molar-refractivity contribution in [3.63, 3.8) is 0 Å². The molecule has 0 radical (unpaired) electrons. The van der Waals surface area contributed by atoms with Gasteiger partial charge in [-0.1, -0.05) is 15.9 Å². The van der Waals surface area contributed by atoms with E-state index in [4.69, 9.17) is 9.84 Å². The molecule has 0 saturated heterocycles. The van der Waals surface area contributed by atoms with Crippen LogP contribution in [-0.2, 0) is 17.9 Å². The summed E-state index contributed by atoms with van der Waals surface area (Å²) in [6.07, 6.45) is 0. The van der Waals surface area contributed by atoms with Gasteiger partial charge in [-0.25, -0.2) is 0 Å². The minimum absolute atomic E-state index is 0.140. The number of carbonyl (C=O) groups is 1. The molecule has 1 aromatic carbocycles. The quantitative estimate of drug-likeness (QED) is 0.889. The van der Waals surface area contributed by atoms with E-state index in [1.807, 2.05) is 12.1 Å². The fourth-order valence-corrected chi connectivity index (χ4v) is 1.47. The van der Waals surface area contributed by atoms with Gasteiger partial charge in [-0.2, -0.15) is 4.80 Å². The maximum Gasteiger partial charge on any atom is 0.327 e. The van der Waals surface area contributed by atoms with E-state index in [-0.39, 0.29) is 13.2 Å². The first-order valence-electron chi connectivity index (χ1n) is 5.00. The summed E-state index contributed by atoms with van der Waals surface area (Å²) < 4.78 is 6.38. The average Bonchev–Trinajstić information content (AvgIpc) is 2.75. The fraction of sp³-hybridized carbons (Fsp3) is 0.200. The van der Waals surface area contributed by atoms with Gasteiger partial charge in [-0.15, -0.1) is 10.2 Å². The van der Waals surface area contributed by atoms with E-state index < -0.39 is 5.97 Å². The summed E-state index contributed by atoms with van der Waals surface area (Å²) in [5.41, 5.74) is 0. The molecule has 94 valence electrons. The summed E-state index contributed by atoms with van der Waals surface area (Å²) in [4.78, 5) is 11.4. The molecule has 0 atom stereocenters. The lowest BCUT2D eigenvalue weighted by Crippen LogP contribution is -2.12. The Morgan fingerprint density at radius 2 is 2.11 bits per heavy atom. The minimum Gasteiger partial charge on any atom is -0.485 e. The van der Waals surface area contributed by atoms with Crippen LogP contribution in [0.2, 0.25) is 0 Å². The second-order valence-corrected chi connectivity index (χ2v) is 4.29. The molecule has 1 aromatic heterocycles. The molecule has 0 bridgehead atoms. The van der Waals surface area contributed by atoms with Gasteiger partial charge in [-0.05, 0) is 29.5 Å². The van der Waals surface area contributed by atoms with E-state index in [0.29, 0.717) is 11.6 Å². The molecule has 0 fully saturated rings. The molecule has 2 aromatic rings. The molecular formula is C10H9BrN4O3. The second kappa shape index (κ2) is 5.58. The van der Waals surface area contributed by atoms with E-state index in [1.165, 1.54) is 0 Å². The Balaban J connectivity index is 1.92. The van der Waals surface area contributed by atoms with Gasteiger partial charge in [0.05, 0.1) is 0 Å². The molecule has 7 nitrogen and oxygen atoms in total. The Hall–Kier alpha value is -1.96. The highest BCUT2D eigenvalue weighted by atomic mass is 79.9. The zero-order valence-corrected chi connectivity index (χ0v) is 10.7. The molecule has 0 amide bonds. The number of aliphatic carboxylic acids is 1. The van der Waals surface area contributed by atoms with Crippen molar-refractivity contribution in [2.75, 3.05) is 0 Å². The summed E-state index contributed by atoms with van der Waals surface area (Å²) in [5.74, 6) is -0.0141. The minimum atomic E-state index is -1.02. The first-order chi connectivity index (χ1) is 8.63. The van der Waals surface area contributed by atoms with Crippen LogP contribution in [0.15, 0.2) is 28.7 Å². The number of ether oxygens (including phenoxy) is 1. The first-order valence-corrected chi connectivity index (χ1v) is 5.79. The molecule has 0 aliphatic carbocycles. The normalized spacial score (nSPS) is 10.3. The van der Waals surface area contributed by atoms with Crippen LogP contribution in [0.3, 0.4) is 0 Å². The summed E-state index contributed by atoms with van der Waals surface area (Å²) in [6, 6.07) is 7.30. The van der Waals surface area contributed by atoms with Gasteiger partial charge >= 0.3 is 5.97 Å². The molecule has 1 heterocycles. The van der Waals surface area contributed by atoms with Gasteiger partial charge in [0.2, 0.25) is 5.82 Å². The number of halogens is 1. The van der Waals surface area contributed by atoms with Gasteiger partial charge in [0, 0.05) is 4.47 Å². The summed E-state index contributed by atoms with van der Waals surface area (Å²) in [5, 5.41) is 19.7. The van der Waals surface area contributed by atoms with Crippen LogP contribution in [0.4, 0.5) is 0 Å². The zero-order valence-electron chi connectivity index (χ0n) is 9.15. The van der Waals surface area contributed by atoms with Gasteiger partial charge < -0.3 is 9.84 Å². The molecule has 0 spiro atoms. The van der Waals surface area contributed by atoms with Gasteiger partial charge in [0.1, 0.15) is 5.75 Å². The fourth-order valence-electron chi connectivity index (χ4n) is 1.20. The number of carboxylic acids is 1. The summed E-state index contributed by atoms with van der Waals surface area (Å²) in [6.45, 7) is -0.174. The summed E-state index contributed by atoms with van der Waals surface area (Å²) >= 11 is 3.32. The first kappa shape index (κ1) is 12.5. The number of aromatic nitrogens is 4. The highest BCUT2D eigenvalue weighted by Crippen LogP contribution is 2.16. The molecule has 0 unspecified atom stereocenters. The number of tetrazole rings is 1. The van der Waals surface area contributed by atoms with Gasteiger partial charge in [-0.3, -0.25) is 4.79 Å². The number of nitrogens with zero attached hydrogens (tertiary/aromatic N) is 4. The molecule has 0 aliphatic rings. The van der Waals surface area contributed by atoms with Crippen LogP contribution in [0.5, 0.6) is 5.75 Å². The largest absolute Gasteiger partial charge is 0.485 e. The molecule has 2 rings (SSSR count). The highest BCUT2D eigenvalue weighted by molar-refractivity contribution is 9.10. The summed E-state index contributed by atoms with van der Waals surface area (Å²) in [7, 11) is 0. The van der Waals surface area contributed by atoms with E-state index >= 15 is 0 Å². The number of rotatable bonds is 5. The second-order valence-electron chi connectivity index (χ2n) is 3.37. The van der Waals surface area contributed by atoms with Crippen LogP contribution in [0.25, 0.3) is 0 Å². The van der Waals surface area contributed by atoms with E-state index in [1.54, 1.807) is 12.1 Å². The molecular weight excluding hydrogens is 304 g/mol. The Labute approximate surface area is 111 Å². The Morgan fingerprint density at radius 3 is 2.78 bits per heavy atom. The van der Waals surface area contributed by atoms with Crippen LogP contribution in [0.1, 0.15) is 5.82 Å². The third-order valence-electron chi connectivity index (χ3n) is 1.95. The molecule has 0 saturated carbocycles. The Kier molecular flexibility index (Phi) is 3.88. The number of benzene rings is 1. The van der Waals surface area contributed by atoms with Crippen molar-refractivity contribution >= 4 is 21.9 Å². The van der Waals surface area contributed by atoms with Gasteiger partial charge in [0.25, 0.3) is 0 Å². The van der Waals surface area contributed by atoms with Crippen molar-refractivity contribution in [3.05, 3.63) is 34.6 Å². The number of hydrogen-bond donors (Lipinski definition) is 1. The van der Waals surface area contributed by atoms with Gasteiger partial charge in [0.15, 0.2) is 13.2 Å². The lowest BCUT2D eigenvalue weighted by molar-refractivity contribution is -0.138. The molecule has 0 aliphatic heterocycles. The predicted molar refractivity (Wildman–Crippen MR) is 63.9 cm³/mol. The Morgan fingerprint density at radius 1 is 1.39 bits per heavy atom. The lowest BCUT2D eigenvalue weighted by atomic mass is 10.3. The SMILES string of the molecule is O=C(O)Cn1nnc(COc2ccc(Br)cc2)n1. The molecule has 1 N–H and O–H groups in total. The van der Waals surface area contributed by atoms with Crippen molar-refractivity contribution in [1.82, 2.24) is 20.2 Å². The number of carboxylic acid groups (broad SMARTS) is 1. The van der Waals surface area contributed by atoms with Crippen LogP contribution in [-0.4, -0.2) is 31.3 Å². The van der Waals surface area contributed by atoms with Crippen molar-refractivity contribution in [1.29, 1.82) is 0 Å². The van der Waals surface area contributed by atoms with Crippen LogP contribution >= 0.6 is 15.9 Å². The smallest absolute Gasteiger partial charge is 0.327 e. The molecule has 8 heteroatoms. The highest BCUT2D eigenvalue weighted by Gasteiger charge is 2.06. The monoisotopic (exact) mass is 312 g/mol. The zero-order chi connectivity index (χ0) is 13.0. The van der Waals surface area contributed by atoms with E-state index in [0.717, 1.165) is 9.27 Å². The van der Waals surface area contributed by atoms with Crippen molar-refractivity contribution < 1.29 is 14.6 Å². The topological polar surface area (TPSA) is 90.1 Å². The molecule has 18 heavy (non-hydrogen) atoms. The predicted octanol–water partition coefficient (Wildman–Crippen LogP) is 1.10. The Bertz CT molecular complexity index is 540. The van der Waals surface area contributed by atoms with E-state index in [2.05, 4.69) is 31.3 Å². The lowest BCUT2D eigenvalue weighted by Gasteiger charge is -2.02. The number of hydrogen-bond acceptors (Lipinski definition) is 5. The maximum atomic E-state index is 10.4. The standard InChI is InChI=1S/C10H9BrN4O3/c11-7-1-3-8(4-2-7)18-6-9-12-14-15(13-9)5-10(16)17/h1-4H,5-6H2,(H,16,17). The van der Waals surface area contributed by atoms with Crippen LogP contribution < -0.4 is 4.74 Å². The third-order valence-corrected chi connectivity index (χ3v) is 2.48. The van der Waals surface area contributed by atoms with Crippen LogP contribution in [0, 0.1) is 0 Å². The van der Waals surface area contributed by atoms with Crippen molar-refractivity contribution in [2.45, 2.75) is 13.2 Å². The van der Waals surface area contributed by atoms with Crippen molar-refractivity contribution in [3.8, 4) is 5.75 Å². The average molecular weight is 313 g/mol. The van der Waals surface area contributed by atoms with E-state index in [9.17, 15) is 4.79 Å². The van der Waals surface area contributed by atoms with Crippen molar-refractivity contribution in [2.24, 2.45) is 0 Å². The third kappa shape index (κ3) is 3.52.